The number of para-hydroxylation sites is 1. The van der Waals surface area contributed by atoms with E-state index in [0.717, 1.165) is 35.9 Å². The van der Waals surface area contributed by atoms with Gasteiger partial charge >= 0.3 is 0 Å². The van der Waals surface area contributed by atoms with E-state index in [9.17, 15) is 13.2 Å². The van der Waals surface area contributed by atoms with Gasteiger partial charge in [0.1, 0.15) is 29.2 Å². The maximum Gasteiger partial charge on any atom is 0.262 e. The summed E-state index contributed by atoms with van der Waals surface area (Å²) < 4.78 is 61.3. The van der Waals surface area contributed by atoms with Crippen molar-refractivity contribution in [3.05, 3.63) is 107 Å². The number of hydrogen-bond acceptors (Lipinski definition) is 8. The molecular formula is C34H29ClF2N8O3S. The van der Waals surface area contributed by atoms with Crippen molar-refractivity contribution in [1.82, 2.24) is 24.4 Å². The molecule has 1 aliphatic heterocycles. The summed E-state index contributed by atoms with van der Waals surface area (Å²) in [5.74, 6) is -1.95. The molecule has 3 aromatic heterocycles. The number of anilines is 3. The number of aromatic nitrogens is 4. The first-order valence-corrected chi connectivity index (χ1v) is 17.2. The number of piperidine rings is 1. The van der Waals surface area contributed by atoms with Gasteiger partial charge in [0, 0.05) is 35.7 Å². The summed E-state index contributed by atoms with van der Waals surface area (Å²) in [7, 11) is -4.29. The average molecular weight is 703 g/mol. The molecule has 1 fully saturated rings. The number of nitrogens with two attached hydrogens (primary N) is 1. The number of hydrogen-bond donors (Lipinski definition) is 3. The molecular weight excluding hydrogens is 674 g/mol. The SMILES string of the molecule is Cc1c(Cl)cccc1S(=O)(=O)Nc1ccc(F)c(Nc2ncnc3ccc(-n4cc(C(=O)N5CCC(N)CC5)c5ccccc54)nc23)c1F. The number of amides is 1. The van der Waals surface area contributed by atoms with Crippen LogP contribution in [0, 0.1) is 18.6 Å². The average Bonchev–Trinajstić information content (AvgIpc) is 3.48. The number of halogens is 3. The van der Waals surface area contributed by atoms with E-state index in [1.54, 1.807) is 27.8 Å². The molecule has 0 spiro atoms. The second kappa shape index (κ2) is 12.7. The molecule has 4 heterocycles. The highest BCUT2D eigenvalue weighted by Gasteiger charge is 2.26. The van der Waals surface area contributed by atoms with Gasteiger partial charge in [0.25, 0.3) is 15.9 Å². The van der Waals surface area contributed by atoms with E-state index in [4.69, 9.17) is 22.3 Å². The van der Waals surface area contributed by atoms with E-state index < -0.39 is 33.0 Å². The molecule has 15 heteroatoms. The number of benzene rings is 3. The Hall–Kier alpha value is -5.18. The molecule has 0 unspecified atom stereocenters. The number of nitrogens with zero attached hydrogens (tertiary/aromatic N) is 5. The van der Waals surface area contributed by atoms with Crippen molar-refractivity contribution in [3.63, 3.8) is 0 Å². The highest BCUT2D eigenvalue weighted by molar-refractivity contribution is 7.92. The topological polar surface area (TPSA) is 148 Å². The van der Waals surface area contributed by atoms with Crippen LogP contribution in [-0.4, -0.2) is 57.9 Å². The van der Waals surface area contributed by atoms with Crippen molar-refractivity contribution in [2.45, 2.75) is 30.7 Å². The summed E-state index contributed by atoms with van der Waals surface area (Å²) in [6.07, 6.45) is 4.39. The summed E-state index contributed by atoms with van der Waals surface area (Å²) in [5, 5.41) is 3.61. The zero-order chi connectivity index (χ0) is 34.4. The minimum atomic E-state index is -4.29. The van der Waals surface area contributed by atoms with Crippen LogP contribution in [0.1, 0.15) is 28.8 Å². The van der Waals surface area contributed by atoms with E-state index >= 15 is 8.78 Å². The number of likely N-dealkylation sites (tertiary alicyclic amines) is 1. The summed E-state index contributed by atoms with van der Waals surface area (Å²) in [4.78, 5) is 28.5. The standard InChI is InChI=1S/C34H29ClF2N8O3S/c1-19-23(35)6-4-8-28(19)49(47,48)43-25-10-9-24(36)31(30(25)37)42-33-32-26(39-18-40-33)11-12-29(41-32)45-17-22(21-5-2-3-7-27(21)45)34(46)44-15-13-20(38)14-16-44/h2-12,17-18,20,43H,13-16,38H2,1H3,(H,39,40,42). The quantitative estimate of drug-likeness (QED) is 0.175. The van der Waals surface area contributed by atoms with Crippen LogP contribution < -0.4 is 15.8 Å². The van der Waals surface area contributed by atoms with Gasteiger partial charge in [-0.15, -0.1) is 0 Å². The largest absolute Gasteiger partial charge is 0.338 e. The van der Waals surface area contributed by atoms with E-state index in [2.05, 4.69) is 20.0 Å². The fourth-order valence-electron chi connectivity index (χ4n) is 5.91. The predicted octanol–water partition coefficient (Wildman–Crippen LogP) is 6.32. The second-order valence-corrected chi connectivity index (χ2v) is 13.8. The van der Waals surface area contributed by atoms with Crippen molar-refractivity contribution in [1.29, 1.82) is 0 Å². The number of carbonyl (C=O) groups excluding carboxylic acids is 1. The number of fused-ring (bicyclic) bond motifs is 2. The maximum absolute atomic E-state index is 15.9. The number of rotatable bonds is 7. The van der Waals surface area contributed by atoms with Crippen molar-refractivity contribution in [2.24, 2.45) is 5.73 Å². The lowest BCUT2D eigenvalue weighted by atomic mass is 10.0. The molecule has 1 amide bonds. The maximum atomic E-state index is 15.9. The van der Waals surface area contributed by atoms with E-state index in [-0.39, 0.29) is 38.8 Å². The Morgan fingerprint density at radius 2 is 1.78 bits per heavy atom. The Morgan fingerprint density at radius 1 is 1.00 bits per heavy atom. The summed E-state index contributed by atoms with van der Waals surface area (Å²) in [6, 6.07) is 17.1. The fraction of sp³-hybridized carbons (Fsp3) is 0.176. The number of carbonyl (C=O) groups is 1. The van der Waals surface area contributed by atoms with Crippen LogP contribution in [0.2, 0.25) is 5.02 Å². The molecule has 6 aromatic rings. The van der Waals surface area contributed by atoms with Gasteiger partial charge in [0.15, 0.2) is 11.6 Å². The molecule has 0 saturated carbocycles. The molecule has 0 radical (unpaired) electrons. The Kier molecular flexibility index (Phi) is 8.38. The van der Waals surface area contributed by atoms with E-state index in [1.165, 1.54) is 31.5 Å². The van der Waals surface area contributed by atoms with Crippen molar-refractivity contribution >= 4 is 66.7 Å². The first-order chi connectivity index (χ1) is 23.5. The lowest BCUT2D eigenvalue weighted by Gasteiger charge is -2.30. The molecule has 49 heavy (non-hydrogen) atoms. The van der Waals surface area contributed by atoms with Crippen LogP contribution in [0.5, 0.6) is 0 Å². The molecule has 0 aliphatic carbocycles. The van der Waals surface area contributed by atoms with Crippen molar-refractivity contribution in [3.8, 4) is 5.82 Å². The smallest absolute Gasteiger partial charge is 0.262 e. The van der Waals surface area contributed by atoms with Crippen LogP contribution in [0.4, 0.5) is 26.0 Å². The highest BCUT2D eigenvalue weighted by atomic mass is 35.5. The number of nitrogens with one attached hydrogen (secondary N) is 2. The van der Waals surface area contributed by atoms with Crippen molar-refractivity contribution in [2.75, 3.05) is 23.1 Å². The second-order valence-electron chi connectivity index (χ2n) is 11.7. The summed E-state index contributed by atoms with van der Waals surface area (Å²) in [5.41, 5.74) is 6.95. The molecule has 0 atom stereocenters. The summed E-state index contributed by atoms with van der Waals surface area (Å²) >= 11 is 6.10. The van der Waals surface area contributed by atoms with E-state index in [1.807, 2.05) is 24.3 Å². The number of pyridine rings is 1. The zero-order valence-corrected chi connectivity index (χ0v) is 27.6. The van der Waals surface area contributed by atoms with Crippen LogP contribution in [0.15, 0.2) is 84.1 Å². The lowest BCUT2D eigenvalue weighted by Crippen LogP contribution is -2.42. The molecule has 1 aliphatic rings. The monoisotopic (exact) mass is 702 g/mol. The molecule has 11 nitrogen and oxygen atoms in total. The minimum Gasteiger partial charge on any atom is -0.338 e. The van der Waals surface area contributed by atoms with E-state index in [0.29, 0.717) is 30.0 Å². The van der Waals surface area contributed by atoms with Gasteiger partial charge in [0.2, 0.25) is 0 Å². The van der Waals surface area contributed by atoms with Gasteiger partial charge in [0.05, 0.1) is 27.2 Å². The Labute approximate surface area is 284 Å². The van der Waals surface area contributed by atoms with Gasteiger partial charge in [-0.2, -0.15) is 0 Å². The highest BCUT2D eigenvalue weighted by Crippen LogP contribution is 2.33. The predicted molar refractivity (Wildman–Crippen MR) is 184 cm³/mol. The lowest BCUT2D eigenvalue weighted by molar-refractivity contribution is 0.0716. The fourth-order valence-corrected chi connectivity index (χ4v) is 7.47. The third kappa shape index (κ3) is 6.03. The molecule has 1 saturated heterocycles. The zero-order valence-electron chi connectivity index (χ0n) is 26.0. The van der Waals surface area contributed by atoms with Crippen LogP contribution in [0.3, 0.4) is 0 Å². The van der Waals surface area contributed by atoms with Crippen LogP contribution >= 0.6 is 11.6 Å². The van der Waals surface area contributed by atoms with Gasteiger partial charge in [-0.05, 0) is 67.8 Å². The van der Waals surface area contributed by atoms with Gasteiger partial charge < -0.3 is 20.5 Å². The normalized spacial score (nSPS) is 14.0. The minimum absolute atomic E-state index is 0.0345. The van der Waals surface area contributed by atoms with Crippen molar-refractivity contribution < 1.29 is 22.0 Å². The molecule has 0 bridgehead atoms. The Bertz CT molecular complexity index is 2380. The number of sulfonamides is 1. The van der Waals surface area contributed by atoms with Gasteiger partial charge in [-0.3, -0.25) is 9.52 Å². The van der Waals surface area contributed by atoms with Crippen LogP contribution in [-0.2, 0) is 10.0 Å². The van der Waals surface area contributed by atoms with Gasteiger partial charge in [-0.25, -0.2) is 32.2 Å². The van der Waals surface area contributed by atoms with Crippen LogP contribution in [0.25, 0.3) is 27.8 Å². The third-order valence-electron chi connectivity index (χ3n) is 8.57. The van der Waals surface area contributed by atoms with Gasteiger partial charge in [-0.1, -0.05) is 35.9 Å². The molecule has 4 N–H and O–H groups in total. The Morgan fingerprint density at radius 3 is 2.57 bits per heavy atom. The Balaban J connectivity index is 1.25. The summed E-state index contributed by atoms with van der Waals surface area (Å²) in [6.45, 7) is 2.65. The first-order valence-electron chi connectivity index (χ1n) is 15.3. The molecule has 250 valence electrons. The molecule has 3 aromatic carbocycles. The third-order valence-corrected chi connectivity index (χ3v) is 10.5. The first kappa shape index (κ1) is 32.4. The molecule has 7 rings (SSSR count).